The zero-order valence-corrected chi connectivity index (χ0v) is 21.4. The van der Waals surface area contributed by atoms with E-state index in [1.165, 1.54) is 31.0 Å². The first-order valence-electron chi connectivity index (χ1n) is 10.0. The zero-order chi connectivity index (χ0) is 24.0. The maximum Gasteiger partial charge on any atom is 0.416 e. The van der Waals surface area contributed by atoms with Gasteiger partial charge in [0.1, 0.15) is 5.75 Å². The molecule has 1 heterocycles. The van der Waals surface area contributed by atoms with Gasteiger partial charge >= 0.3 is 12.1 Å². The molecule has 2 atom stereocenters. The average molecular weight is 604 g/mol. The van der Waals surface area contributed by atoms with Gasteiger partial charge < -0.3 is 33.8 Å². The van der Waals surface area contributed by atoms with Crippen LogP contribution in [0.2, 0.25) is 0 Å². The molecule has 0 aliphatic carbocycles. The Hall–Kier alpha value is -2.47. The summed E-state index contributed by atoms with van der Waals surface area (Å²) in [6.07, 6.45) is 0.889. The Morgan fingerprint density at radius 3 is 2.24 bits per heavy atom. The van der Waals surface area contributed by atoms with Crippen LogP contribution < -0.4 is 38.8 Å². The Kier molecular flexibility index (Phi) is 10.0. The lowest BCUT2D eigenvalue weighted by Gasteiger charge is -2.25. The van der Waals surface area contributed by atoms with Crippen LogP contribution in [0.4, 0.5) is 13.2 Å². The molecular formula is C24H24F3IN2O3S. The minimum Gasteiger partial charge on any atom is -1.00 e. The van der Waals surface area contributed by atoms with Crippen molar-refractivity contribution in [1.82, 2.24) is 0 Å². The number of halogens is 4. The molecule has 1 aromatic heterocycles. The number of nitrogens with one attached hydrogen (secondary N) is 1. The number of pyridine rings is 1. The fourth-order valence-electron chi connectivity index (χ4n) is 3.56. The SMILES string of the molecule is COc1ccc(-c2ccc(C(F)(F)F)cc2)cc1C(CSC)[C@H](N[n+]1ccccc1)C(=O)O.[I-]. The second kappa shape index (κ2) is 12.3. The molecule has 0 bridgehead atoms. The highest BCUT2D eigenvalue weighted by Crippen LogP contribution is 2.36. The number of carboxylic acid groups (broad SMARTS) is 1. The Labute approximate surface area is 217 Å². The minimum absolute atomic E-state index is 0. The average Bonchev–Trinajstić information content (AvgIpc) is 2.81. The van der Waals surface area contributed by atoms with E-state index >= 15 is 0 Å². The third kappa shape index (κ3) is 6.78. The molecule has 5 nitrogen and oxygen atoms in total. The van der Waals surface area contributed by atoms with Crippen molar-refractivity contribution < 1.29 is 56.5 Å². The van der Waals surface area contributed by atoms with Crippen LogP contribution in [0.3, 0.4) is 0 Å². The van der Waals surface area contributed by atoms with Gasteiger partial charge in [0.15, 0.2) is 18.4 Å². The molecule has 0 fully saturated rings. The van der Waals surface area contributed by atoms with Crippen molar-refractivity contribution in [2.24, 2.45) is 0 Å². The number of thioether (sulfide) groups is 1. The summed E-state index contributed by atoms with van der Waals surface area (Å²) in [4.78, 5) is 12.2. The summed E-state index contributed by atoms with van der Waals surface area (Å²) in [5.74, 6) is -0.540. The van der Waals surface area contributed by atoms with Gasteiger partial charge in [0, 0.05) is 29.4 Å². The number of nitrogens with zero attached hydrogens (tertiary/aromatic N) is 1. The molecule has 0 saturated heterocycles. The van der Waals surface area contributed by atoms with Gasteiger partial charge in [0.05, 0.1) is 12.7 Å². The van der Waals surface area contributed by atoms with Crippen LogP contribution in [-0.2, 0) is 11.0 Å². The van der Waals surface area contributed by atoms with Gasteiger partial charge in [-0.05, 0) is 41.6 Å². The molecule has 182 valence electrons. The Morgan fingerprint density at radius 2 is 1.71 bits per heavy atom. The van der Waals surface area contributed by atoms with E-state index in [4.69, 9.17) is 4.74 Å². The second-order valence-corrected chi connectivity index (χ2v) is 8.23. The molecule has 0 amide bonds. The first-order valence-corrected chi connectivity index (χ1v) is 11.4. The summed E-state index contributed by atoms with van der Waals surface area (Å²) in [5, 5.41) is 10.0. The second-order valence-electron chi connectivity index (χ2n) is 7.32. The van der Waals surface area contributed by atoms with E-state index in [-0.39, 0.29) is 24.0 Å². The van der Waals surface area contributed by atoms with E-state index in [0.717, 1.165) is 12.1 Å². The van der Waals surface area contributed by atoms with E-state index in [1.807, 2.05) is 12.3 Å². The summed E-state index contributed by atoms with van der Waals surface area (Å²) in [6.45, 7) is 0. The van der Waals surface area contributed by atoms with Crippen LogP contribution in [0.25, 0.3) is 11.1 Å². The van der Waals surface area contributed by atoms with Crippen molar-refractivity contribution in [3.8, 4) is 16.9 Å². The summed E-state index contributed by atoms with van der Waals surface area (Å²) in [7, 11) is 1.50. The predicted molar refractivity (Wildman–Crippen MR) is 122 cm³/mol. The smallest absolute Gasteiger partial charge is 0.416 e. The molecule has 0 radical (unpaired) electrons. The predicted octanol–water partition coefficient (Wildman–Crippen LogP) is 1.82. The number of aliphatic carboxylic acids is 1. The van der Waals surface area contributed by atoms with Crippen LogP contribution in [0.15, 0.2) is 73.1 Å². The normalized spacial score (nSPS) is 12.9. The van der Waals surface area contributed by atoms with E-state index in [2.05, 4.69) is 5.43 Å². The van der Waals surface area contributed by atoms with E-state index in [9.17, 15) is 23.1 Å². The topological polar surface area (TPSA) is 62.4 Å². The highest BCUT2D eigenvalue weighted by molar-refractivity contribution is 7.98. The van der Waals surface area contributed by atoms with Crippen molar-refractivity contribution >= 4 is 17.7 Å². The molecule has 0 saturated carbocycles. The highest BCUT2D eigenvalue weighted by atomic mass is 127. The maximum atomic E-state index is 12.9. The van der Waals surface area contributed by atoms with Crippen molar-refractivity contribution in [2.45, 2.75) is 18.1 Å². The summed E-state index contributed by atoms with van der Waals surface area (Å²) in [6, 6.07) is 14.5. The molecule has 3 rings (SSSR count). The third-order valence-electron chi connectivity index (χ3n) is 5.19. The van der Waals surface area contributed by atoms with Crippen molar-refractivity contribution in [3.63, 3.8) is 0 Å². The molecule has 34 heavy (non-hydrogen) atoms. The monoisotopic (exact) mass is 604 g/mol. The van der Waals surface area contributed by atoms with Gasteiger partial charge in [-0.2, -0.15) is 30.4 Å². The number of hydrogen-bond donors (Lipinski definition) is 2. The molecule has 2 N–H and O–H groups in total. The Balaban J connectivity index is 0.00000408. The maximum absolute atomic E-state index is 12.9. The number of carboxylic acids is 1. The fraction of sp³-hybridized carbons (Fsp3) is 0.250. The van der Waals surface area contributed by atoms with E-state index in [0.29, 0.717) is 28.2 Å². The minimum atomic E-state index is -4.41. The molecular weight excluding hydrogens is 580 g/mol. The Morgan fingerprint density at radius 1 is 1.09 bits per heavy atom. The number of hydrogen-bond acceptors (Lipinski definition) is 4. The standard InChI is InChI=1S/C24H23F3N2O3S.HI/c1-32-21-11-8-17(16-6-9-18(10-7-16)24(25,26)27)14-19(21)20(15-33-2)22(23(30)31)28-29-12-4-3-5-13-29;/h3-14,20,22,28H,15H2,1-2H3;1H/t20?,22-;/m0./s1. The molecule has 0 aliphatic rings. The number of ether oxygens (including phenoxy) is 1. The van der Waals surface area contributed by atoms with Gasteiger partial charge in [-0.3, -0.25) is 0 Å². The number of benzene rings is 2. The molecule has 1 unspecified atom stereocenters. The summed E-state index contributed by atoms with van der Waals surface area (Å²) < 4.78 is 45.9. The van der Waals surface area contributed by atoms with Gasteiger partial charge in [-0.15, -0.1) is 0 Å². The molecule has 0 aliphatic heterocycles. The summed E-state index contributed by atoms with van der Waals surface area (Å²) >= 11 is 1.49. The molecule has 3 aromatic rings. The van der Waals surface area contributed by atoms with Gasteiger partial charge in [0.25, 0.3) is 0 Å². The number of carbonyl (C=O) groups is 1. The van der Waals surface area contributed by atoms with Crippen LogP contribution in [0, 0.1) is 0 Å². The highest BCUT2D eigenvalue weighted by Gasteiger charge is 2.34. The fourth-order valence-corrected chi connectivity index (χ4v) is 4.29. The largest absolute Gasteiger partial charge is 1.00 e. The first kappa shape index (κ1) is 27.8. The van der Waals surface area contributed by atoms with Crippen LogP contribution in [-0.4, -0.2) is 36.2 Å². The summed E-state index contributed by atoms with van der Waals surface area (Å²) in [5.41, 5.74) is 4.21. The van der Waals surface area contributed by atoms with E-state index < -0.39 is 29.7 Å². The number of methoxy groups -OCH3 is 1. The molecule has 0 spiro atoms. The Bertz CT molecular complexity index is 1080. The lowest BCUT2D eigenvalue weighted by Crippen LogP contribution is -3.00. The number of rotatable bonds is 9. The number of alkyl halides is 3. The van der Waals surface area contributed by atoms with Gasteiger partial charge in [-0.25, -0.2) is 4.79 Å². The van der Waals surface area contributed by atoms with Crippen molar-refractivity contribution in [2.75, 3.05) is 24.5 Å². The van der Waals surface area contributed by atoms with Crippen molar-refractivity contribution in [3.05, 3.63) is 84.2 Å². The zero-order valence-electron chi connectivity index (χ0n) is 18.4. The van der Waals surface area contributed by atoms with Crippen LogP contribution in [0.5, 0.6) is 5.75 Å². The van der Waals surface area contributed by atoms with E-state index in [1.54, 1.807) is 47.4 Å². The molecule has 10 heteroatoms. The van der Waals surface area contributed by atoms with Crippen LogP contribution >= 0.6 is 11.8 Å². The number of aromatic nitrogens is 1. The van der Waals surface area contributed by atoms with Crippen LogP contribution in [0.1, 0.15) is 17.0 Å². The quantitative estimate of drug-likeness (QED) is 0.289. The first-order chi connectivity index (χ1) is 15.7. The van der Waals surface area contributed by atoms with Gasteiger partial charge in [0.2, 0.25) is 0 Å². The molecule has 2 aromatic carbocycles. The lowest BCUT2D eigenvalue weighted by molar-refractivity contribution is -0.652. The van der Waals surface area contributed by atoms with Gasteiger partial charge in [-0.1, -0.05) is 28.9 Å². The lowest BCUT2D eigenvalue weighted by atomic mass is 9.90. The van der Waals surface area contributed by atoms with Crippen molar-refractivity contribution in [1.29, 1.82) is 0 Å². The third-order valence-corrected chi connectivity index (χ3v) is 5.89.